The molecule has 0 aliphatic rings. The largest absolute Gasteiger partial charge is 0.465 e. The van der Waals surface area contributed by atoms with Gasteiger partial charge in [0.1, 0.15) is 0 Å². The summed E-state index contributed by atoms with van der Waals surface area (Å²) in [5.41, 5.74) is 0.933. The quantitative estimate of drug-likeness (QED) is 0.487. The van der Waals surface area contributed by atoms with Gasteiger partial charge in [0.2, 0.25) is 0 Å². The van der Waals surface area contributed by atoms with E-state index in [1.165, 1.54) is 7.11 Å². The number of rotatable bonds is 2. The number of hydrogen-bond acceptors (Lipinski definition) is 2. The third kappa shape index (κ3) is 2.58. The predicted molar refractivity (Wildman–Crippen MR) is 46.2 cm³/mol. The van der Waals surface area contributed by atoms with Crippen LogP contribution in [-0.4, -0.2) is 13.1 Å². The lowest BCUT2D eigenvalue weighted by Gasteiger charge is -1.90. The SMILES string of the molecule is COC(=O)/[C]=C/c1ccccc1. The van der Waals surface area contributed by atoms with Crippen molar-refractivity contribution in [1.82, 2.24) is 0 Å². The average molecular weight is 161 g/mol. The highest BCUT2D eigenvalue weighted by Gasteiger charge is 1.91. The van der Waals surface area contributed by atoms with Crippen LogP contribution in [0.2, 0.25) is 0 Å². The third-order valence-electron chi connectivity index (χ3n) is 1.34. The van der Waals surface area contributed by atoms with Gasteiger partial charge in [0.05, 0.1) is 13.2 Å². The van der Waals surface area contributed by atoms with Gasteiger partial charge >= 0.3 is 5.97 Å². The first-order valence-corrected chi connectivity index (χ1v) is 3.55. The summed E-state index contributed by atoms with van der Waals surface area (Å²) in [6.45, 7) is 0. The molecular formula is C10H9O2. The molecule has 0 heterocycles. The number of methoxy groups -OCH3 is 1. The van der Waals surface area contributed by atoms with Crippen LogP contribution < -0.4 is 0 Å². The van der Waals surface area contributed by atoms with Gasteiger partial charge in [-0.05, 0) is 11.6 Å². The van der Waals surface area contributed by atoms with Gasteiger partial charge in [-0.25, -0.2) is 4.79 Å². The van der Waals surface area contributed by atoms with E-state index in [-0.39, 0.29) is 0 Å². The molecule has 0 bridgehead atoms. The van der Waals surface area contributed by atoms with Crippen molar-refractivity contribution in [2.75, 3.05) is 7.11 Å². The van der Waals surface area contributed by atoms with Crippen molar-refractivity contribution in [3.05, 3.63) is 42.0 Å². The Kier molecular flexibility index (Phi) is 3.08. The molecule has 61 valence electrons. The van der Waals surface area contributed by atoms with E-state index in [9.17, 15) is 4.79 Å². The molecule has 0 fully saturated rings. The molecule has 0 aromatic heterocycles. The smallest absolute Gasteiger partial charge is 0.338 e. The van der Waals surface area contributed by atoms with Crippen molar-refractivity contribution in [1.29, 1.82) is 0 Å². The maximum absolute atomic E-state index is 10.6. The van der Waals surface area contributed by atoms with Crippen molar-refractivity contribution in [3.8, 4) is 0 Å². The fourth-order valence-electron chi connectivity index (χ4n) is 0.750. The molecule has 1 radical (unpaired) electrons. The van der Waals surface area contributed by atoms with Crippen LogP contribution in [0.4, 0.5) is 0 Å². The van der Waals surface area contributed by atoms with Gasteiger partial charge in [-0.3, -0.25) is 0 Å². The van der Waals surface area contributed by atoms with Gasteiger partial charge in [-0.15, -0.1) is 0 Å². The van der Waals surface area contributed by atoms with Crippen LogP contribution in [0.3, 0.4) is 0 Å². The Morgan fingerprint density at radius 3 is 2.67 bits per heavy atom. The Morgan fingerprint density at radius 2 is 2.08 bits per heavy atom. The van der Waals surface area contributed by atoms with Crippen LogP contribution in [0.15, 0.2) is 30.3 Å². The van der Waals surface area contributed by atoms with Crippen LogP contribution in [-0.2, 0) is 9.53 Å². The van der Waals surface area contributed by atoms with Crippen LogP contribution >= 0.6 is 0 Å². The van der Waals surface area contributed by atoms with E-state index in [4.69, 9.17) is 0 Å². The first kappa shape index (κ1) is 8.53. The lowest BCUT2D eigenvalue weighted by Crippen LogP contribution is -1.93. The van der Waals surface area contributed by atoms with E-state index < -0.39 is 5.97 Å². The third-order valence-corrected chi connectivity index (χ3v) is 1.34. The Balaban J connectivity index is 2.64. The second-order valence-corrected chi connectivity index (χ2v) is 2.19. The first-order valence-electron chi connectivity index (χ1n) is 3.55. The minimum atomic E-state index is -0.459. The zero-order chi connectivity index (χ0) is 8.81. The highest BCUT2D eigenvalue weighted by molar-refractivity contribution is 5.82. The molecular weight excluding hydrogens is 152 g/mol. The molecule has 0 atom stereocenters. The normalized spacial score (nSPS) is 10.1. The Bertz CT molecular complexity index is 275. The summed E-state index contributed by atoms with van der Waals surface area (Å²) in [4.78, 5) is 10.6. The second kappa shape index (κ2) is 4.34. The van der Waals surface area contributed by atoms with E-state index in [1.54, 1.807) is 6.08 Å². The number of carbonyl (C=O) groups excluding carboxylic acids is 1. The molecule has 0 spiro atoms. The minimum absolute atomic E-state index is 0.459. The van der Waals surface area contributed by atoms with E-state index in [1.807, 2.05) is 30.3 Å². The summed E-state index contributed by atoms with van der Waals surface area (Å²) in [5, 5.41) is 0. The van der Waals surface area contributed by atoms with E-state index >= 15 is 0 Å². The predicted octanol–water partition coefficient (Wildman–Crippen LogP) is 1.68. The highest BCUT2D eigenvalue weighted by atomic mass is 16.5. The molecule has 0 N–H and O–H groups in total. The molecule has 0 aliphatic carbocycles. The highest BCUT2D eigenvalue weighted by Crippen LogP contribution is 1.99. The Hall–Kier alpha value is -1.57. The molecule has 12 heavy (non-hydrogen) atoms. The van der Waals surface area contributed by atoms with Crippen molar-refractivity contribution >= 4 is 12.0 Å². The molecule has 0 unspecified atom stereocenters. The second-order valence-electron chi connectivity index (χ2n) is 2.19. The summed E-state index contributed by atoms with van der Waals surface area (Å²) in [7, 11) is 1.33. The van der Waals surface area contributed by atoms with Crippen molar-refractivity contribution in [2.45, 2.75) is 0 Å². The lowest BCUT2D eigenvalue weighted by molar-refractivity contribution is -0.135. The van der Waals surface area contributed by atoms with Crippen LogP contribution in [0, 0.1) is 6.08 Å². The Morgan fingerprint density at radius 1 is 1.42 bits per heavy atom. The molecule has 1 aromatic rings. The zero-order valence-electron chi connectivity index (χ0n) is 6.78. The number of ether oxygens (including phenoxy) is 1. The molecule has 2 nitrogen and oxygen atoms in total. The minimum Gasteiger partial charge on any atom is -0.465 e. The number of esters is 1. The van der Waals surface area contributed by atoms with E-state index in [0.717, 1.165) is 5.56 Å². The number of carbonyl (C=O) groups is 1. The number of benzene rings is 1. The molecule has 2 heteroatoms. The first-order chi connectivity index (χ1) is 5.83. The van der Waals surface area contributed by atoms with Crippen molar-refractivity contribution in [2.24, 2.45) is 0 Å². The summed E-state index contributed by atoms with van der Waals surface area (Å²) in [6, 6.07) is 9.47. The van der Waals surface area contributed by atoms with Crippen molar-refractivity contribution < 1.29 is 9.53 Å². The lowest BCUT2D eigenvalue weighted by atomic mass is 10.2. The van der Waals surface area contributed by atoms with Crippen molar-refractivity contribution in [3.63, 3.8) is 0 Å². The maximum atomic E-state index is 10.6. The average Bonchev–Trinajstić information content (AvgIpc) is 2.16. The van der Waals surface area contributed by atoms with Gasteiger partial charge in [-0.2, -0.15) is 0 Å². The van der Waals surface area contributed by atoms with Crippen LogP contribution in [0.1, 0.15) is 5.56 Å². The molecule has 0 aliphatic heterocycles. The summed E-state index contributed by atoms with van der Waals surface area (Å²) < 4.78 is 4.39. The fraction of sp³-hybridized carbons (Fsp3) is 0.100. The van der Waals surface area contributed by atoms with E-state index in [0.29, 0.717) is 0 Å². The molecule has 0 saturated heterocycles. The summed E-state index contributed by atoms with van der Waals surface area (Å²) in [6.07, 6.45) is 4.05. The molecule has 0 saturated carbocycles. The van der Waals surface area contributed by atoms with Gasteiger partial charge < -0.3 is 4.74 Å². The Labute approximate surface area is 71.5 Å². The van der Waals surface area contributed by atoms with Gasteiger partial charge in [0.15, 0.2) is 0 Å². The summed E-state index contributed by atoms with van der Waals surface area (Å²) in [5.74, 6) is -0.459. The van der Waals surface area contributed by atoms with E-state index in [2.05, 4.69) is 10.8 Å². The summed E-state index contributed by atoms with van der Waals surface area (Å²) >= 11 is 0. The van der Waals surface area contributed by atoms with Crippen LogP contribution in [0.5, 0.6) is 0 Å². The van der Waals surface area contributed by atoms with Gasteiger partial charge in [0.25, 0.3) is 0 Å². The topological polar surface area (TPSA) is 26.3 Å². The zero-order valence-corrected chi connectivity index (χ0v) is 6.78. The van der Waals surface area contributed by atoms with Gasteiger partial charge in [-0.1, -0.05) is 30.3 Å². The van der Waals surface area contributed by atoms with Gasteiger partial charge in [0, 0.05) is 0 Å². The maximum Gasteiger partial charge on any atom is 0.338 e. The van der Waals surface area contributed by atoms with Crippen LogP contribution in [0.25, 0.3) is 6.08 Å². The number of hydrogen-bond donors (Lipinski definition) is 0. The molecule has 0 amide bonds. The standard InChI is InChI=1S/C10H9O2/c1-12-10(11)8-7-9-5-3-2-4-6-9/h2-7H,1H3. The monoisotopic (exact) mass is 161 g/mol. The fourth-order valence-corrected chi connectivity index (χ4v) is 0.750. The molecule has 1 aromatic carbocycles. The molecule has 1 rings (SSSR count).